The van der Waals surface area contributed by atoms with Gasteiger partial charge in [0.2, 0.25) is 5.78 Å². The number of hydrogen-bond acceptors (Lipinski definition) is 7. The fourth-order valence-electron chi connectivity index (χ4n) is 3.56. The van der Waals surface area contributed by atoms with Gasteiger partial charge in [0.15, 0.2) is 12.4 Å². The second kappa shape index (κ2) is 8.85. The standard InChI is InChI=1S/C23H23N3O4S/c1-14-11-17(16(3)26(14)21-12-15(2)30-25-21)19(27)13-29-23(28)10-6-9-22-24-18-7-4-5-8-20(18)31-22/h4-5,7-8,11-12H,6,9-10,13H2,1-3H3. The maximum absolute atomic E-state index is 12.6. The van der Waals surface area contributed by atoms with Crippen molar-refractivity contribution >= 4 is 33.3 Å². The Balaban J connectivity index is 1.30. The van der Waals surface area contributed by atoms with Crippen LogP contribution >= 0.6 is 11.3 Å². The van der Waals surface area contributed by atoms with Crippen molar-refractivity contribution in [2.75, 3.05) is 6.61 Å². The molecule has 0 aliphatic rings. The Morgan fingerprint density at radius 3 is 2.71 bits per heavy atom. The SMILES string of the molecule is Cc1cc(-n2c(C)cc(C(=O)COC(=O)CCCc3nc4ccccc4s3)c2C)no1. The number of thiazole rings is 1. The van der Waals surface area contributed by atoms with Gasteiger partial charge in [-0.15, -0.1) is 11.3 Å². The summed E-state index contributed by atoms with van der Waals surface area (Å²) in [4.78, 5) is 29.3. The lowest BCUT2D eigenvalue weighted by molar-refractivity contribution is -0.142. The molecule has 0 amide bonds. The smallest absolute Gasteiger partial charge is 0.306 e. The van der Waals surface area contributed by atoms with Gasteiger partial charge < -0.3 is 9.26 Å². The number of fused-ring (bicyclic) bond motifs is 1. The number of hydrogen-bond donors (Lipinski definition) is 0. The summed E-state index contributed by atoms with van der Waals surface area (Å²) in [6, 6.07) is 11.6. The number of aryl methyl sites for hydroxylation is 3. The molecule has 4 rings (SSSR count). The highest BCUT2D eigenvalue weighted by Crippen LogP contribution is 2.23. The Hall–Kier alpha value is -3.26. The molecule has 0 aliphatic carbocycles. The molecule has 8 heteroatoms. The monoisotopic (exact) mass is 437 g/mol. The molecular weight excluding hydrogens is 414 g/mol. The van der Waals surface area contributed by atoms with E-state index in [-0.39, 0.29) is 24.8 Å². The van der Waals surface area contributed by atoms with E-state index in [2.05, 4.69) is 10.1 Å². The number of Topliss-reactive ketones (excluding diaryl/α,β-unsaturated/α-hetero) is 1. The molecule has 0 bridgehead atoms. The third-order valence-corrected chi connectivity index (χ3v) is 6.15. The largest absolute Gasteiger partial charge is 0.457 e. The van der Waals surface area contributed by atoms with Gasteiger partial charge in [-0.3, -0.25) is 14.2 Å². The molecule has 0 saturated heterocycles. The zero-order valence-electron chi connectivity index (χ0n) is 17.7. The van der Waals surface area contributed by atoms with Crippen LogP contribution < -0.4 is 0 Å². The van der Waals surface area contributed by atoms with Gasteiger partial charge in [-0.05, 0) is 51.8 Å². The molecule has 0 spiro atoms. The fourth-order valence-corrected chi connectivity index (χ4v) is 4.57. The summed E-state index contributed by atoms with van der Waals surface area (Å²) in [6.45, 7) is 5.26. The van der Waals surface area contributed by atoms with Gasteiger partial charge in [0, 0.05) is 29.4 Å². The Morgan fingerprint density at radius 1 is 1.16 bits per heavy atom. The minimum atomic E-state index is -0.379. The number of carbonyl (C=O) groups excluding carboxylic acids is 2. The van der Waals surface area contributed by atoms with E-state index in [1.807, 2.05) is 49.6 Å². The zero-order chi connectivity index (χ0) is 22.0. The van der Waals surface area contributed by atoms with E-state index in [1.165, 1.54) is 0 Å². The minimum absolute atomic E-state index is 0.237. The maximum atomic E-state index is 12.6. The Kier molecular flexibility index (Phi) is 5.99. The van der Waals surface area contributed by atoms with Gasteiger partial charge in [-0.25, -0.2) is 4.98 Å². The van der Waals surface area contributed by atoms with Crippen molar-refractivity contribution in [3.05, 3.63) is 64.1 Å². The van der Waals surface area contributed by atoms with Gasteiger partial charge in [-0.1, -0.05) is 17.3 Å². The first-order valence-electron chi connectivity index (χ1n) is 10.1. The molecule has 0 radical (unpaired) electrons. The second-order valence-electron chi connectivity index (χ2n) is 7.43. The topological polar surface area (TPSA) is 87.2 Å². The van der Waals surface area contributed by atoms with Gasteiger partial charge in [0.1, 0.15) is 5.76 Å². The van der Waals surface area contributed by atoms with E-state index in [0.29, 0.717) is 30.0 Å². The third kappa shape index (κ3) is 4.59. The van der Waals surface area contributed by atoms with Crippen LogP contribution in [0.4, 0.5) is 0 Å². The summed E-state index contributed by atoms with van der Waals surface area (Å²) in [6.07, 6.45) is 1.59. The molecular formula is C23H23N3O4S. The highest BCUT2D eigenvalue weighted by Gasteiger charge is 2.19. The predicted molar refractivity (Wildman–Crippen MR) is 118 cm³/mol. The van der Waals surface area contributed by atoms with Crippen LogP contribution in [0, 0.1) is 20.8 Å². The summed E-state index contributed by atoms with van der Waals surface area (Å²) in [5.41, 5.74) is 3.09. The van der Waals surface area contributed by atoms with Crippen molar-refractivity contribution < 1.29 is 18.8 Å². The predicted octanol–water partition coefficient (Wildman–Crippen LogP) is 4.75. The number of rotatable bonds is 8. The van der Waals surface area contributed by atoms with Crippen LogP contribution in [0.25, 0.3) is 16.0 Å². The van der Waals surface area contributed by atoms with Crippen molar-refractivity contribution in [3.63, 3.8) is 0 Å². The Bertz CT molecular complexity index is 1220. The molecule has 0 unspecified atom stereocenters. The lowest BCUT2D eigenvalue weighted by atomic mass is 10.1. The molecule has 0 aliphatic heterocycles. The number of para-hydroxylation sites is 1. The number of benzene rings is 1. The first-order chi connectivity index (χ1) is 14.9. The average molecular weight is 438 g/mol. The number of ether oxygens (including phenoxy) is 1. The molecule has 4 aromatic rings. The van der Waals surface area contributed by atoms with E-state index in [4.69, 9.17) is 9.26 Å². The molecule has 1 aromatic carbocycles. The van der Waals surface area contributed by atoms with Crippen LogP contribution in [0.3, 0.4) is 0 Å². The van der Waals surface area contributed by atoms with Crippen molar-refractivity contribution in [1.82, 2.24) is 14.7 Å². The molecule has 0 fully saturated rings. The van der Waals surface area contributed by atoms with Gasteiger partial charge in [-0.2, -0.15) is 0 Å². The van der Waals surface area contributed by atoms with Crippen LogP contribution in [0.1, 0.15) is 45.4 Å². The lowest BCUT2D eigenvalue weighted by Crippen LogP contribution is -2.15. The Morgan fingerprint density at radius 2 is 1.97 bits per heavy atom. The number of esters is 1. The molecule has 3 heterocycles. The van der Waals surface area contributed by atoms with Gasteiger partial charge in [0.25, 0.3) is 0 Å². The molecule has 0 N–H and O–H groups in total. The van der Waals surface area contributed by atoms with E-state index in [0.717, 1.165) is 26.6 Å². The molecule has 160 valence electrons. The molecule has 3 aromatic heterocycles. The van der Waals surface area contributed by atoms with Gasteiger partial charge in [0.05, 0.1) is 15.2 Å². The number of aromatic nitrogens is 3. The summed E-state index contributed by atoms with van der Waals surface area (Å²) in [5.74, 6) is 0.697. The van der Waals surface area contributed by atoms with Crippen LogP contribution in [0.2, 0.25) is 0 Å². The van der Waals surface area contributed by atoms with Crippen LogP contribution in [-0.2, 0) is 16.0 Å². The molecule has 31 heavy (non-hydrogen) atoms. The van der Waals surface area contributed by atoms with E-state index >= 15 is 0 Å². The maximum Gasteiger partial charge on any atom is 0.306 e. The van der Waals surface area contributed by atoms with Crippen LogP contribution in [-0.4, -0.2) is 33.1 Å². The lowest BCUT2D eigenvalue weighted by Gasteiger charge is -2.06. The number of ketones is 1. The summed E-state index contributed by atoms with van der Waals surface area (Å²) >= 11 is 1.64. The highest BCUT2D eigenvalue weighted by atomic mass is 32.1. The number of carbonyl (C=O) groups is 2. The van der Waals surface area contributed by atoms with Crippen LogP contribution in [0.5, 0.6) is 0 Å². The highest BCUT2D eigenvalue weighted by molar-refractivity contribution is 7.18. The summed E-state index contributed by atoms with van der Waals surface area (Å²) < 4.78 is 13.3. The van der Waals surface area contributed by atoms with Crippen molar-refractivity contribution in [3.8, 4) is 5.82 Å². The average Bonchev–Trinajstić information content (AvgIpc) is 3.42. The van der Waals surface area contributed by atoms with Crippen molar-refractivity contribution in [2.45, 2.75) is 40.0 Å². The minimum Gasteiger partial charge on any atom is -0.457 e. The Labute approximate surface area is 183 Å². The molecule has 0 saturated carbocycles. The first kappa shape index (κ1) is 21.0. The third-order valence-electron chi connectivity index (χ3n) is 5.05. The first-order valence-corrected chi connectivity index (χ1v) is 10.9. The summed E-state index contributed by atoms with van der Waals surface area (Å²) in [5, 5.41) is 5.01. The van der Waals surface area contributed by atoms with E-state index in [9.17, 15) is 9.59 Å². The van der Waals surface area contributed by atoms with Gasteiger partial charge >= 0.3 is 5.97 Å². The zero-order valence-corrected chi connectivity index (χ0v) is 18.5. The number of nitrogens with zero attached hydrogens (tertiary/aromatic N) is 3. The van der Waals surface area contributed by atoms with E-state index in [1.54, 1.807) is 23.5 Å². The molecule has 0 atom stereocenters. The quantitative estimate of drug-likeness (QED) is 0.292. The second-order valence-corrected chi connectivity index (χ2v) is 8.54. The molecule has 7 nitrogen and oxygen atoms in total. The van der Waals surface area contributed by atoms with E-state index < -0.39 is 0 Å². The van der Waals surface area contributed by atoms with Crippen molar-refractivity contribution in [2.24, 2.45) is 0 Å². The van der Waals surface area contributed by atoms with Crippen molar-refractivity contribution in [1.29, 1.82) is 0 Å². The normalized spacial score (nSPS) is 11.2. The fraction of sp³-hybridized carbons (Fsp3) is 0.304. The van der Waals surface area contributed by atoms with Crippen LogP contribution in [0.15, 0.2) is 40.9 Å². The summed E-state index contributed by atoms with van der Waals surface area (Å²) in [7, 11) is 0.